The van der Waals surface area contributed by atoms with Gasteiger partial charge in [-0.1, -0.05) is 26.7 Å². The molecule has 3 heteroatoms. The lowest BCUT2D eigenvalue weighted by atomic mass is 10.2. The van der Waals surface area contributed by atoms with Gasteiger partial charge in [-0.05, 0) is 12.8 Å². The van der Waals surface area contributed by atoms with Crippen molar-refractivity contribution in [1.29, 1.82) is 0 Å². The number of carboxylic acid groups (broad SMARTS) is 1. The first-order valence-electron chi connectivity index (χ1n) is 6.02. The smallest absolute Gasteiger partial charge is 0.332 e. The molecular weight excluding hydrogens is 204 g/mol. The Hall–Kier alpha value is -1.01. The van der Waals surface area contributed by atoms with Crippen molar-refractivity contribution >= 4 is 5.97 Å². The minimum atomic E-state index is -0.890. The van der Waals surface area contributed by atoms with Crippen LogP contribution in [0.15, 0.2) is 0 Å². The number of unbranched alkanes of at least 4 members (excludes halogenated alkanes) is 3. The Balaban J connectivity index is 3.47. The molecule has 0 saturated heterocycles. The van der Waals surface area contributed by atoms with Crippen LogP contribution >= 0.6 is 0 Å². The molecule has 3 nitrogen and oxygen atoms in total. The minimum absolute atomic E-state index is 0.408. The van der Waals surface area contributed by atoms with E-state index in [1.807, 2.05) is 0 Å². The molecule has 16 heavy (non-hydrogen) atoms. The summed E-state index contributed by atoms with van der Waals surface area (Å²) in [6, 6.07) is 0. The molecule has 0 aromatic heterocycles. The Kier molecular flexibility index (Phi) is 9.84. The van der Waals surface area contributed by atoms with Crippen LogP contribution < -0.4 is 0 Å². The lowest BCUT2D eigenvalue weighted by Crippen LogP contribution is -2.23. The van der Waals surface area contributed by atoms with E-state index in [9.17, 15) is 4.79 Å². The van der Waals surface area contributed by atoms with E-state index in [-0.39, 0.29) is 0 Å². The van der Waals surface area contributed by atoms with E-state index in [2.05, 4.69) is 18.8 Å². The number of hydrogen-bond donors (Lipinski definition) is 1. The van der Waals surface area contributed by atoms with E-state index >= 15 is 0 Å². The summed E-state index contributed by atoms with van der Waals surface area (Å²) >= 11 is 0. The highest BCUT2D eigenvalue weighted by molar-refractivity contribution is 5.72. The topological polar surface area (TPSA) is 46.5 Å². The monoisotopic (exact) mass is 226 g/mol. The normalized spacial score (nSPS) is 11.6. The molecular formula is C13H22O3. The van der Waals surface area contributed by atoms with E-state index in [0.717, 1.165) is 12.8 Å². The van der Waals surface area contributed by atoms with Crippen molar-refractivity contribution in [1.82, 2.24) is 0 Å². The van der Waals surface area contributed by atoms with Crippen LogP contribution in [-0.4, -0.2) is 23.8 Å². The number of ether oxygens (including phenoxy) is 1. The molecule has 1 unspecified atom stereocenters. The summed E-state index contributed by atoms with van der Waals surface area (Å²) < 4.78 is 5.18. The largest absolute Gasteiger partial charge is 0.479 e. The third-order valence-electron chi connectivity index (χ3n) is 2.22. The van der Waals surface area contributed by atoms with Gasteiger partial charge in [-0.25, -0.2) is 4.79 Å². The molecule has 1 N–H and O–H groups in total. The van der Waals surface area contributed by atoms with Gasteiger partial charge in [0, 0.05) is 12.8 Å². The van der Waals surface area contributed by atoms with Crippen LogP contribution in [0.3, 0.4) is 0 Å². The lowest BCUT2D eigenvalue weighted by Gasteiger charge is -2.09. The van der Waals surface area contributed by atoms with Crippen molar-refractivity contribution in [2.24, 2.45) is 0 Å². The summed E-state index contributed by atoms with van der Waals surface area (Å²) in [5.74, 6) is 5.17. The van der Waals surface area contributed by atoms with Crippen LogP contribution in [0.25, 0.3) is 0 Å². The summed E-state index contributed by atoms with van der Waals surface area (Å²) in [4.78, 5) is 10.6. The average molecular weight is 226 g/mol. The molecule has 92 valence electrons. The van der Waals surface area contributed by atoms with E-state index in [0.29, 0.717) is 19.4 Å². The molecule has 0 aromatic carbocycles. The predicted molar refractivity (Wildman–Crippen MR) is 64.2 cm³/mol. The molecule has 0 radical (unpaired) electrons. The second-order valence-electron chi connectivity index (χ2n) is 3.67. The summed E-state index contributed by atoms with van der Waals surface area (Å²) in [5, 5.41) is 8.71. The third-order valence-corrected chi connectivity index (χ3v) is 2.22. The first-order valence-corrected chi connectivity index (χ1v) is 6.02. The first-order chi connectivity index (χ1) is 7.72. The zero-order chi connectivity index (χ0) is 12.2. The highest BCUT2D eigenvalue weighted by Gasteiger charge is 2.13. The van der Waals surface area contributed by atoms with E-state index in [4.69, 9.17) is 9.84 Å². The molecule has 1 atom stereocenters. The fourth-order valence-electron chi connectivity index (χ4n) is 1.26. The maximum atomic E-state index is 10.6. The van der Waals surface area contributed by atoms with Crippen molar-refractivity contribution in [3.8, 4) is 11.8 Å². The standard InChI is InChI=1S/C13H22O3/c1-3-5-6-7-8-9-10-11-16-12(4-2)13(14)15/h12H,3-7,10-11H2,1-2H3,(H,14,15). The predicted octanol–water partition coefficient (Wildman–Crippen LogP) is 2.84. The van der Waals surface area contributed by atoms with Gasteiger partial charge in [0.05, 0.1) is 6.61 Å². The molecule has 0 saturated carbocycles. The van der Waals surface area contributed by atoms with Gasteiger partial charge in [-0.2, -0.15) is 0 Å². The summed E-state index contributed by atoms with van der Waals surface area (Å²) in [6.45, 7) is 4.37. The van der Waals surface area contributed by atoms with Gasteiger partial charge in [-0.3, -0.25) is 0 Å². The van der Waals surface area contributed by atoms with Crippen LogP contribution in [0.5, 0.6) is 0 Å². The SMILES string of the molecule is CCCCCC#CCCOC(CC)C(=O)O. The van der Waals surface area contributed by atoms with Gasteiger partial charge in [0.25, 0.3) is 0 Å². The van der Waals surface area contributed by atoms with Crippen LogP contribution in [-0.2, 0) is 9.53 Å². The maximum Gasteiger partial charge on any atom is 0.332 e. The molecule has 0 fully saturated rings. The van der Waals surface area contributed by atoms with Gasteiger partial charge >= 0.3 is 5.97 Å². The number of hydrogen-bond acceptors (Lipinski definition) is 2. The van der Waals surface area contributed by atoms with Crippen molar-refractivity contribution < 1.29 is 14.6 Å². The Bertz CT molecular complexity index is 237. The number of carbonyl (C=O) groups is 1. The summed E-state index contributed by atoms with van der Waals surface area (Å²) in [6.07, 6.45) is 4.96. The summed E-state index contributed by atoms with van der Waals surface area (Å²) in [7, 11) is 0. The third kappa shape index (κ3) is 8.31. The highest BCUT2D eigenvalue weighted by atomic mass is 16.5. The molecule has 0 aliphatic heterocycles. The van der Waals surface area contributed by atoms with Crippen LogP contribution in [0.4, 0.5) is 0 Å². The zero-order valence-electron chi connectivity index (χ0n) is 10.3. The van der Waals surface area contributed by atoms with Gasteiger partial charge < -0.3 is 9.84 Å². The first kappa shape index (κ1) is 15.0. The number of carboxylic acids is 1. The van der Waals surface area contributed by atoms with Crippen LogP contribution in [0.1, 0.15) is 52.4 Å². The van der Waals surface area contributed by atoms with Gasteiger partial charge in [0.1, 0.15) is 0 Å². The molecule has 0 aliphatic carbocycles. The Labute approximate surface area is 98.2 Å². The maximum absolute atomic E-state index is 10.6. The van der Waals surface area contributed by atoms with Crippen LogP contribution in [0, 0.1) is 11.8 Å². The zero-order valence-corrected chi connectivity index (χ0v) is 10.3. The molecule has 0 amide bonds. The fraction of sp³-hybridized carbons (Fsp3) is 0.769. The summed E-state index contributed by atoms with van der Waals surface area (Å²) in [5.41, 5.74) is 0. The lowest BCUT2D eigenvalue weighted by molar-refractivity contribution is -0.150. The highest BCUT2D eigenvalue weighted by Crippen LogP contribution is 1.99. The second-order valence-corrected chi connectivity index (χ2v) is 3.67. The second kappa shape index (κ2) is 10.5. The Morgan fingerprint density at radius 2 is 1.94 bits per heavy atom. The van der Waals surface area contributed by atoms with Crippen LogP contribution in [0.2, 0.25) is 0 Å². The quantitative estimate of drug-likeness (QED) is 0.511. The van der Waals surface area contributed by atoms with Crippen molar-refractivity contribution in [3.05, 3.63) is 0 Å². The molecule has 0 aromatic rings. The van der Waals surface area contributed by atoms with E-state index < -0.39 is 12.1 Å². The van der Waals surface area contributed by atoms with Crippen molar-refractivity contribution in [2.45, 2.75) is 58.5 Å². The van der Waals surface area contributed by atoms with Crippen molar-refractivity contribution in [2.75, 3.05) is 6.61 Å². The fourth-order valence-corrected chi connectivity index (χ4v) is 1.26. The van der Waals surface area contributed by atoms with Gasteiger partial charge in [0.2, 0.25) is 0 Å². The Morgan fingerprint density at radius 3 is 2.50 bits per heavy atom. The van der Waals surface area contributed by atoms with Gasteiger partial charge in [-0.15, -0.1) is 11.8 Å². The number of aliphatic carboxylic acids is 1. The van der Waals surface area contributed by atoms with E-state index in [1.54, 1.807) is 6.92 Å². The minimum Gasteiger partial charge on any atom is -0.479 e. The molecule has 0 heterocycles. The van der Waals surface area contributed by atoms with Crippen molar-refractivity contribution in [3.63, 3.8) is 0 Å². The van der Waals surface area contributed by atoms with Gasteiger partial charge in [0.15, 0.2) is 6.10 Å². The average Bonchev–Trinajstić information content (AvgIpc) is 2.26. The Morgan fingerprint density at radius 1 is 1.25 bits per heavy atom. The molecule has 0 bridgehead atoms. The molecule has 0 rings (SSSR count). The molecule has 0 spiro atoms. The number of rotatable bonds is 8. The molecule has 0 aliphatic rings. The van der Waals surface area contributed by atoms with E-state index in [1.165, 1.54) is 12.8 Å².